The second-order valence-electron chi connectivity index (χ2n) is 4.28. The first-order valence-electron chi connectivity index (χ1n) is 5.84. The number of nitro benzene ring substituents is 1. The number of hydrogen-bond acceptors (Lipinski definition) is 4. The standard InChI is InChI=1S/C14H10BrNO5/c1-8-2-4-10(12(6-8)16(19)20)14-11(15)7-9(21-14)3-5-13(17)18/h2-7H,1H3,(H,17,18)/b5-3+. The van der Waals surface area contributed by atoms with Gasteiger partial charge in [-0.15, -0.1) is 0 Å². The second-order valence-corrected chi connectivity index (χ2v) is 5.13. The molecule has 6 nitrogen and oxygen atoms in total. The van der Waals surface area contributed by atoms with Crippen molar-refractivity contribution >= 4 is 33.7 Å². The van der Waals surface area contributed by atoms with Crippen LogP contribution in [0.1, 0.15) is 11.3 Å². The van der Waals surface area contributed by atoms with Crippen LogP contribution < -0.4 is 0 Å². The van der Waals surface area contributed by atoms with Gasteiger partial charge in [-0.1, -0.05) is 6.07 Å². The number of nitrogens with zero attached hydrogens (tertiary/aromatic N) is 1. The normalized spacial score (nSPS) is 11.0. The zero-order valence-corrected chi connectivity index (χ0v) is 12.5. The average molecular weight is 352 g/mol. The Morgan fingerprint density at radius 3 is 2.76 bits per heavy atom. The Labute approximate surface area is 128 Å². The number of aryl methyl sites for hydroxylation is 1. The summed E-state index contributed by atoms with van der Waals surface area (Å²) in [4.78, 5) is 21.1. The van der Waals surface area contributed by atoms with E-state index >= 15 is 0 Å². The molecule has 0 aliphatic carbocycles. The molecule has 1 aromatic carbocycles. The predicted octanol–water partition coefficient (Wildman–Crippen LogP) is 4.02. The van der Waals surface area contributed by atoms with E-state index in [1.165, 1.54) is 12.1 Å². The van der Waals surface area contributed by atoms with Crippen LogP contribution in [0.15, 0.2) is 39.2 Å². The van der Waals surface area contributed by atoms with E-state index in [-0.39, 0.29) is 17.2 Å². The van der Waals surface area contributed by atoms with Gasteiger partial charge in [-0.25, -0.2) is 4.79 Å². The minimum absolute atomic E-state index is 0.0705. The summed E-state index contributed by atoms with van der Waals surface area (Å²) in [6.07, 6.45) is 2.20. The summed E-state index contributed by atoms with van der Waals surface area (Å²) in [5.74, 6) is -0.536. The molecule has 108 valence electrons. The van der Waals surface area contributed by atoms with E-state index in [1.54, 1.807) is 25.1 Å². The van der Waals surface area contributed by atoms with Crippen molar-refractivity contribution in [2.24, 2.45) is 0 Å². The third-order valence-corrected chi connectivity index (χ3v) is 3.28. The maximum Gasteiger partial charge on any atom is 0.328 e. The molecule has 0 atom stereocenters. The molecule has 2 rings (SSSR count). The SMILES string of the molecule is Cc1ccc(-c2oc(/C=C/C(=O)O)cc2Br)c([N+](=O)[O-])c1. The first kappa shape index (κ1) is 15.0. The second kappa shape index (κ2) is 5.92. The molecule has 0 amide bonds. The average Bonchev–Trinajstić information content (AvgIpc) is 2.77. The molecule has 0 aliphatic rings. The number of furan rings is 1. The number of benzene rings is 1. The molecule has 7 heteroatoms. The van der Waals surface area contributed by atoms with Crippen LogP contribution in [0, 0.1) is 17.0 Å². The van der Waals surface area contributed by atoms with E-state index in [2.05, 4.69) is 15.9 Å². The first-order chi connectivity index (χ1) is 9.88. The van der Waals surface area contributed by atoms with Crippen molar-refractivity contribution in [2.45, 2.75) is 6.92 Å². The van der Waals surface area contributed by atoms with Crippen LogP contribution in [0.25, 0.3) is 17.4 Å². The first-order valence-corrected chi connectivity index (χ1v) is 6.63. The van der Waals surface area contributed by atoms with Gasteiger partial charge in [0.2, 0.25) is 0 Å². The molecule has 0 radical (unpaired) electrons. The Hall–Kier alpha value is -2.41. The molecule has 0 unspecified atom stereocenters. The molecule has 1 heterocycles. The fraction of sp³-hybridized carbons (Fsp3) is 0.0714. The molecule has 0 aliphatic heterocycles. The number of carbonyl (C=O) groups is 1. The molecule has 21 heavy (non-hydrogen) atoms. The minimum atomic E-state index is -1.11. The summed E-state index contributed by atoms with van der Waals surface area (Å²) >= 11 is 3.27. The van der Waals surface area contributed by atoms with Gasteiger partial charge < -0.3 is 9.52 Å². The lowest BCUT2D eigenvalue weighted by Gasteiger charge is -2.02. The molecule has 0 bridgehead atoms. The van der Waals surface area contributed by atoms with E-state index in [9.17, 15) is 14.9 Å². The number of nitro groups is 1. The van der Waals surface area contributed by atoms with Gasteiger partial charge in [0.1, 0.15) is 5.76 Å². The quantitative estimate of drug-likeness (QED) is 0.509. The largest absolute Gasteiger partial charge is 0.478 e. The Kier molecular flexibility index (Phi) is 4.23. The van der Waals surface area contributed by atoms with E-state index in [1.807, 2.05) is 0 Å². The highest BCUT2D eigenvalue weighted by Gasteiger charge is 2.21. The minimum Gasteiger partial charge on any atom is -0.478 e. The number of carboxylic acids is 1. The molecule has 0 spiro atoms. The highest BCUT2D eigenvalue weighted by atomic mass is 79.9. The summed E-state index contributed by atoms with van der Waals surface area (Å²) in [5.41, 5.74) is 1.02. The summed E-state index contributed by atoms with van der Waals surface area (Å²) in [6.45, 7) is 1.76. The predicted molar refractivity (Wildman–Crippen MR) is 79.9 cm³/mol. The molecule has 2 aromatic rings. The Morgan fingerprint density at radius 1 is 1.43 bits per heavy atom. The lowest BCUT2D eigenvalue weighted by atomic mass is 10.1. The van der Waals surface area contributed by atoms with Gasteiger partial charge in [-0.05, 0) is 46.6 Å². The van der Waals surface area contributed by atoms with Crippen LogP contribution in [-0.4, -0.2) is 16.0 Å². The zero-order valence-electron chi connectivity index (χ0n) is 10.9. The zero-order chi connectivity index (χ0) is 15.6. The van der Waals surface area contributed by atoms with Crippen molar-refractivity contribution < 1.29 is 19.2 Å². The molecular weight excluding hydrogens is 342 g/mol. The van der Waals surface area contributed by atoms with Crippen LogP contribution in [0.4, 0.5) is 5.69 Å². The highest BCUT2D eigenvalue weighted by Crippen LogP contribution is 2.37. The van der Waals surface area contributed by atoms with Crippen molar-refractivity contribution in [3.05, 3.63) is 56.3 Å². The summed E-state index contributed by atoms with van der Waals surface area (Å²) < 4.78 is 5.99. The van der Waals surface area contributed by atoms with E-state index in [0.29, 0.717) is 10.0 Å². The van der Waals surface area contributed by atoms with Gasteiger partial charge in [0.25, 0.3) is 5.69 Å². The van der Waals surface area contributed by atoms with Crippen molar-refractivity contribution in [1.82, 2.24) is 0 Å². The third kappa shape index (κ3) is 3.38. The number of carboxylic acid groups (broad SMARTS) is 1. The van der Waals surface area contributed by atoms with E-state index < -0.39 is 10.9 Å². The van der Waals surface area contributed by atoms with E-state index in [4.69, 9.17) is 9.52 Å². The van der Waals surface area contributed by atoms with Gasteiger partial charge >= 0.3 is 5.97 Å². The summed E-state index contributed by atoms with van der Waals surface area (Å²) in [7, 11) is 0. The molecule has 0 saturated heterocycles. The number of halogens is 1. The molecular formula is C14H10BrNO5. The molecule has 1 aromatic heterocycles. The Balaban J connectivity index is 2.52. The number of hydrogen-bond donors (Lipinski definition) is 1. The van der Waals surface area contributed by atoms with Crippen LogP contribution in [0.3, 0.4) is 0 Å². The van der Waals surface area contributed by atoms with Crippen LogP contribution >= 0.6 is 15.9 Å². The lowest BCUT2D eigenvalue weighted by Crippen LogP contribution is -1.92. The lowest BCUT2D eigenvalue weighted by molar-refractivity contribution is -0.384. The maximum atomic E-state index is 11.1. The monoisotopic (exact) mass is 351 g/mol. The third-order valence-electron chi connectivity index (χ3n) is 2.69. The fourth-order valence-corrected chi connectivity index (χ4v) is 2.31. The fourth-order valence-electron chi connectivity index (χ4n) is 1.79. The van der Waals surface area contributed by atoms with Gasteiger partial charge in [-0.2, -0.15) is 0 Å². The molecule has 0 fully saturated rings. The van der Waals surface area contributed by atoms with Crippen molar-refractivity contribution in [2.75, 3.05) is 0 Å². The van der Waals surface area contributed by atoms with Gasteiger partial charge in [-0.3, -0.25) is 10.1 Å². The Bertz CT molecular complexity index is 748. The maximum absolute atomic E-state index is 11.1. The van der Waals surface area contributed by atoms with Crippen LogP contribution in [0.2, 0.25) is 0 Å². The summed E-state index contributed by atoms with van der Waals surface area (Å²) in [5, 5.41) is 19.7. The molecule has 0 saturated carbocycles. The van der Waals surface area contributed by atoms with Crippen molar-refractivity contribution in [3.63, 3.8) is 0 Å². The van der Waals surface area contributed by atoms with Gasteiger partial charge in [0.15, 0.2) is 5.76 Å². The summed E-state index contributed by atoms with van der Waals surface area (Å²) in [6, 6.07) is 6.35. The van der Waals surface area contributed by atoms with Crippen LogP contribution in [-0.2, 0) is 4.79 Å². The van der Waals surface area contributed by atoms with Crippen molar-refractivity contribution in [1.29, 1.82) is 0 Å². The number of aliphatic carboxylic acids is 1. The highest BCUT2D eigenvalue weighted by molar-refractivity contribution is 9.10. The Morgan fingerprint density at radius 2 is 2.14 bits per heavy atom. The topological polar surface area (TPSA) is 93.6 Å². The van der Waals surface area contributed by atoms with Crippen LogP contribution in [0.5, 0.6) is 0 Å². The van der Waals surface area contributed by atoms with Gasteiger partial charge in [0, 0.05) is 12.1 Å². The van der Waals surface area contributed by atoms with E-state index in [0.717, 1.165) is 11.6 Å². The number of rotatable bonds is 4. The molecule has 1 N–H and O–H groups in total. The van der Waals surface area contributed by atoms with Gasteiger partial charge in [0.05, 0.1) is 15.0 Å². The van der Waals surface area contributed by atoms with Crippen molar-refractivity contribution in [3.8, 4) is 11.3 Å². The smallest absolute Gasteiger partial charge is 0.328 e.